The Kier molecular flexibility index (Phi) is 14.0. The highest BCUT2D eigenvalue weighted by molar-refractivity contribution is 4.37. The van der Waals surface area contributed by atoms with Gasteiger partial charge in [-0.25, -0.2) is 5.48 Å². The Morgan fingerprint density at radius 1 is 1.33 bits per heavy atom. The molecule has 0 aromatic heterocycles. The summed E-state index contributed by atoms with van der Waals surface area (Å²) in [6, 6.07) is 0.431. The van der Waals surface area contributed by atoms with E-state index >= 15 is 0 Å². The zero-order chi connectivity index (χ0) is 7.70. The van der Waals surface area contributed by atoms with E-state index in [9.17, 15) is 0 Å². The zero-order valence-corrected chi connectivity index (χ0v) is 7.19. The minimum Gasteiger partial charge on any atom is -0.302 e. The fourth-order valence-electron chi connectivity index (χ4n) is 0.250. The molecule has 0 aromatic rings. The molecule has 0 aliphatic carbocycles. The van der Waals surface area contributed by atoms with Gasteiger partial charge in [0.15, 0.2) is 0 Å². The topological polar surface area (TPSA) is 21.3 Å². The Hall–Kier alpha value is -0.0800. The van der Waals surface area contributed by atoms with Crippen LogP contribution >= 0.6 is 0 Å². The second kappa shape index (κ2) is 10.8. The first-order valence-electron chi connectivity index (χ1n) is 3.64. The summed E-state index contributed by atoms with van der Waals surface area (Å²) >= 11 is 0. The van der Waals surface area contributed by atoms with Crippen molar-refractivity contribution in [1.82, 2.24) is 5.48 Å². The summed E-state index contributed by atoms with van der Waals surface area (Å²) in [6.07, 6.45) is 0. The van der Waals surface area contributed by atoms with Gasteiger partial charge in [0, 0.05) is 6.04 Å². The van der Waals surface area contributed by atoms with Crippen molar-refractivity contribution >= 4 is 0 Å². The predicted octanol–water partition coefficient (Wildman–Crippen LogP) is 1.96. The summed E-state index contributed by atoms with van der Waals surface area (Å²) in [5.74, 6) is 0. The van der Waals surface area contributed by atoms with Crippen molar-refractivity contribution in [3.05, 3.63) is 0 Å². The van der Waals surface area contributed by atoms with E-state index in [-0.39, 0.29) is 0 Å². The third-order valence-electron chi connectivity index (χ3n) is 0.463. The first-order valence-corrected chi connectivity index (χ1v) is 3.64. The molecule has 0 radical (unpaired) electrons. The third-order valence-corrected chi connectivity index (χ3v) is 0.463. The van der Waals surface area contributed by atoms with Crippen molar-refractivity contribution in [1.29, 1.82) is 0 Å². The molecular weight excluding hydrogens is 114 g/mol. The molecule has 58 valence electrons. The SMILES string of the molecule is CC.CCONC(C)C. The number of rotatable bonds is 3. The van der Waals surface area contributed by atoms with Gasteiger partial charge < -0.3 is 4.84 Å². The first-order chi connectivity index (χ1) is 4.27. The van der Waals surface area contributed by atoms with Gasteiger partial charge in [0.25, 0.3) is 0 Å². The van der Waals surface area contributed by atoms with Gasteiger partial charge in [0.05, 0.1) is 6.61 Å². The third kappa shape index (κ3) is 18.1. The lowest BCUT2D eigenvalue weighted by molar-refractivity contribution is 0.0331. The van der Waals surface area contributed by atoms with Gasteiger partial charge in [-0.05, 0) is 20.8 Å². The van der Waals surface area contributed by atoms with E-state index in [0.29, 0.717) is 6.04 Å². The average molecular weight is 133 g/mol. The second-order valence-electron chi connectivity index (χ2n) is 1.71. The molecule has 0 aliphatic rings. The first kappa shape index (κ1) is 11.7. The van der Waals surface area contributed by atoms with Crippen LogP contribution in [0.3, 0.4) is 0 Å². The molecule has 0 bridgehead atoms. The molecule has 0 spiro atoms. The van der Waals surface area contributed by atoms with E-state index in [1.165, 1.54) is 0 Å². The smallest absolute Gasteiger partial charge is 0.0654 e. The minimum atomic E-state index is 0.431. The number of hydroxylamine groups is 1. The molecule has 2 heteroatoms. The fourth-order valence-corrected chi connectivity index (χ4v) is 0.250. The van der Waals surface area contributed by atoms with E-state index < -0.39 is 0 Å². The Bertz CT molecular complexity index is 37.9. The van der Waals surface area contributed by atoms with Crippen molar-refractivity contribution in [2.24, 2.45) is 0 Å². The number of hydrogen-bond donors (Lipinski definition) is 1. The summed E-state index contributed by atoms with van der Waals surface area (Å²) < 4.78 is 0. The quantitative estimate of drug-likeness (QED) is 0.594. The van der Waals surface area contributed by atoms with Crippen molar-refractivity contribution in [3.8, 4) is 0 Å². The number of nitrogens with one attached hydrogen (secondary N) is 1. The van der Waals surface area contributed by atoms with Crippen LogP contribution in [-0.4, -0.2) is 12.6 Å². The Labute approximate surface area is 58.6 Å². The lowest BCUT2D eigenvalue weighted by Gasteiger charge is -2.04. The molecule has 9 heavy (non-hydrogen) atoms. The summed E-state index contributed by atoms with van der Waals surface area (Å²) in [5, 5.41) is 0. The standard InChI is InChI=1S/C5H13NO.C2H6/c1-4-7-6-5(2)3;1-2/h5-6H,4H2,1-3H3;1-2H3. The highest BCUT2D eigenvalue weighted by atomic mass is 16.6. The van der Waals surface area contributed by atoms with E-state index in [0.717, 1.165) is 6.61 Å². The molecule has 0 saturated carbocycles. The second-order valence-corrected chi connectivity index (χ2v) is 1.71. The summed E-state index contributed by atoms with van der Waals surface area (Å²) in [4.78, 5) is 4.84. The molecule has 0 rings (SSSR count). The molecule has 1 N–H and O–H groups in total. The van der Waals surface area contributed by atoms with Gasteiger partial charge >= 0.3 is 0 Å². The van der Waals surface area contributed by atoms with Crippen LogP contribution in [0.25, 0.3) is 0 Å². The van der Waals surface area contributed by atoms with Gasteiger partial charge in [-0.1, -0.05) is 13.8 Å². The summed E-state index contributed by atoms with van der Waals surface area (Å²) in [6.45, 7) is 10.8. The molecule has 2 nitrogen and oxygen atoms in total. The molecule has 0 fully saturated rings. The van der Waals surface area contributed by atoms with Gasteiger partial charge in [-0.2, -0.15) is 0 Å². The van der Waals surface area contributed by atoms with Crippen LogP contribution in [0.15, 0.2) is 0 Å². The highest BCUT2D eigenvalue weighted by Crippen LogP contribution is 1.74. The molecule has 0 amide bonds. The van der Waals surface area contributed by atoms with Gasteiger partial charge in [0.2, 0.25) is 0 Å². The molecule has 0 aromatic carbocycles. The largest absolute Gasteiger partial charge is 0.302 e. The van der Waals surface area contributed by atoms with E-state index in [1.54, 1.807) is 0 Å². The molecule has 0 unspecified atom stereocenters. The van der Waals surface area contributed by atoms with Crippen LogP contribution in [0, 0.1) is 0 Å². The molecule has 0 atom stereocenters. The molecule has 0 aliphatic heterocycles. The van der Waals surface area contributed by atoms with E-state index in [1.807, 2.05) is 34.6 Å². The lowest BCUT2D eigenvalue weighted by Crippen LogP contribution is -2.22. The molecule has 0 saturated heterocycles. The lowest BCUT2D eigenvalue weighted by atomic mass is 10.4. The predicted molar refractivity (Wildman–Crippen MR) is 41.2 cm³/mol. The monoisotopic (exact) mass is 133 g/mol. The van der Waals surface area contributed by atoms with Crippen LogP contribution < -0.4 is 5.48 Å². The van der Waals surface area contributed by atoms with Crippen molar-refractivity contribution in [2.75, 3.05) is 6.61 Å². The molecule has 0 heterocycles. The summed E-state index contributed by atoms with van der Waals surface area (Å²) in [7, 11) is 0. The van der Waals surface area contributed by atoms with Gasteiger partial charge in [-0.3, -0.25) is 0 Å². The van der Waals surface area contributed by atoms with Crippen molar-refractivity contribution < 1.29 is 4.84 Å². The highest BCUT2D eigenvalue weighted by Gasteiger charge is 1.85. The van der Waals surface area contributed by atoms with Gasteiger partial charge in [0.1, 0.15) is 0 Å². The molecular formula is C7H19NO. The van der Waals surface area contributed by atoms with Crippen molar-refractivity contribution in [3.63, 3.8) is 0 Å². The zero-order valence-electron chi connectivity index (χ0n) is 7.19. The fraction of sp³-hybridized carbons (Fsp3) is 1.00. The average Bonchev–Trinajstić information content (AvgIpc) is 1.88. The Morgan fingerprint density at radius 2 is 1.78 bits per heavy atom. The van der Waals surface area contributed by atoms with Crippen LogP contribution in [0.4, 0.5) is 0 Å². The minimum absolute atomic E-state index is 0.431. The van der Waals surface area contributed by atoms with Crippen molar-refractivity contribution in [2.45, 2.75) is 40.7 Å². The Balaban J connectivity index is 0. The van der Waals surface area contributed by atoms with E-state index in [2.05, 4.69) is 5.48 Å². The normalized spacial score (nSPS) is 8.67. The van der Waals surface area contributed by atoms with E-state index in [4.69, 9.17) is 4.84 Å². The van der Waals surface area contributed by atoms with Crippen LogP contribution in [0.2, 0.25) is 0 Å². The van der Waals surface area contributed by atoms with Crippen LogP contribution in [0.1, 0.15) is 34.6 Å². The number of hydrogen-bond acceptors (Lipinski definition) is 2. The maximum atomic E-state index is 4.84. The maximum Gasteiger partial charge on any atom is 0.0654 e. The van der Waals surface area contributed by atoms with Crippen LogP contribution in [0.5, 0.6) is 0 Å². The Morgan fingerprint density at radius 3 is 1.89 bits per heavy atom. The maximum absolute atomic E-state index is 4.84. The van der Waals surface area contributed by atoms with Crippen LogP contribution in [-0.2, 0) is 4.84 Å². The summed E-state index contributed by atoms with van der Waals surface area (Å²) in [5.41, 5.74) is 2.80. The van der Waals surface area contributed by atoms with Gasteiger partial charge in [-0.15, -0.1) is 0 Å².